The van der Waals surface area contributed by atoms with E-state index in [1.165, 1.54) is 11.1 Å². The maximum absolute atomic E-state index is 5.11. The molecule has 0 unspecified atom stereocenters. The van der Waals surface area contributed by atoms with E-state index in [1.54, 1.807) is 0 Å². The van der Waals surface area contributed by atoms with Gasteiger partial charge >= 0.3 is 0 Å². The second-order valence-electron chi connectivity index (χ2n) is 13.4. The number of pyridine rings is 2. The van der Waals surface area contributed by atoms with Gasteiger partial charge in [-0.3, -0.25) is 9.98 Å². The predicted molar refractivity (Wildman–Crippen MR) is 249 cm³/mol. The topological polar surface area (TPSA) is 62.9 Å². The molecular formula is C53H51N5. The van der Waals surface area contributed by atoms with Crippen LogP contribution in [0, 0.1) is 6.92 Å². The Morgan fingerprint density at radius 2 is 1.24 bits per heavy atom. The van der Waals surface area contributed by atoms with Crippen molar-refractivity contribution in [3.05, 3.63) is 198 Å². The van der Waals surface area contributed by atoms with Crippen LogP contribution in [0.4, 0.5) is 0 Å². The van der Waals surface area contributed by atoms with Gasteiger partial charge in [-0.25, -0.2) is 15.0 Å². The summed E-state index contributed by atoms with van der Waals surface area (Å²) in [6, 6.07) is 50.0. The van der Waals surface area contributed by atoms with Crippen molar-refractivity contribution in [2.45, 2.75) is 54.0 Å². The van der Waals surface area contributed by atoms with Crippen molar-refractivity contribution in [2.75, 3.05) is 0 Å². The van der Waals surface area contributed by atoms with E-state index in [1.807, 2.05) is 88.5 Å². The molecule has 0 fully saturated rings. The number of fused-ring (bicyclic) bond motifs is 1. The summed E-state index contributed by atoms with van der Waals surface area (Å²) in [6.07, 6.45) is 10.7. The van der Waals surface area contributed by atoms with Crippen LogP contribution in [-0.4, -0.2) is 28.4 Å². The van der Waals surface area contributed by atoms with Gasteiger partial charge in [0, 0.05) is 33.8 Å². The molecule has 1 aliphatic rings. The first kappa shape index (κ1) is 40.8. The van der Waals surface area contributed by atoms with Crippen molar-refractivity contribution in [2.24, 2.45) is 15.0 Å². The molecular weight excluding hydrogens is 707 g/mol. The molecule has 288 valence electrons. The molecule has 0 saturated heterocycles. The molecule has 5 aromatic carbocycles. The minimum atomic E-state index is 0.458. The predicted octanol–water partition coefficient (Wildman–Crippen LogP) is 13.8. The number of nitrogens with zero attached hydrogens (tertiary/aromatic N) is 5. The molecule has 0 radical (unpaired) electrons. The first-order chi connectivity index (χ1) is 28.6. The van der Waals surface area contributed by atoms with Gasteiger partial charge in [0.15, 0.2) is 11.7 Å². The molecule has 7 aromatic rings. The summed E-state index contributed by atoms with van der Waals surface area (Å²) in [5.41, 5.74) is 12.1. The van der Waals surface area contributed by atoms with Gasteiger partial charge in [0.1, 0.15) is 0 Å². The van der Waals surface area contributed by atoms with E-state index in [0.29, 0.717) is 18.2 Å². The Morgan fingerprint density at radius 3 is 1.95 bits per heavy atom. The van der Waals surface area contributed by atoms with Crippen LogP contribution in [-0.2, 0) is 6.54 Å². The maximum Gasteiger partial charge on any atom is 0.161 e. The second-order valence-corrected chi connectivity index (χ2v) is 13.4. The molecule has 5 nitrogen and oxygen atoms in total. The van der Waals surface area contributed by atoms with Crippen molar-refractivity contribution in [1.82, 2.24) is 9.97 Å². The molecule has 0 amide bonds. The van der Waals surface area contributed by atoms with Gasteiger partial charge in [0.25, 0.3) is 0 Å². The zero-order valence-corrected chi connectivity index (χ0v) is 34.2. The van der Waals surface area contributed by atoms with Gasteiger partial charge in [0.05, 0.1) is 23.6 Å². The second kappa shape index (κ2) is 20.4. The molecule has 5 heteroatoms. The molecule has 0 saturated carbocycles. The number of amidine groups is 2. The number of hydrogen-bond acceptors (Lipinski definition) is 3. The Labute approximate surface area is 344 Å². The highest BCUT2D eigenvalue weighted by molar-refractivity contribution is 6.13. The molecule has 0 atom stereocenters. The monoisotopic (exact) mass is 757 g/mol. The lowest BCUT2D eigenvalue weighted by molar-refractivity contribution is 1.04. The van der Waals surface area contributed by atoms with Crippen LogP contribution in [0.1, 0.15) is 68.5 Å². The molecule has 8 rings (SSSR count). The lowest BCUT2D eigenvalue weighted by Crippen LogP contribution is -2.06. The fourth-order valence-electron chi connectivity index (χ4n) is 6.73. The maximum atomic E-state index is 5.11. The number of rotatable bonds is 8. The molecule has 1 aliphatic carbocycles. The smallest absolute Gasteiger partial charge is 0.161 e. The van der Waals surface area contributed by atoms with Gasteiger partial charge < -0.3 is 0 Å². The van der Waals surface area contributed by atoms with Gasteiger partial charge in [-0.1, -0.05) is 155 Å². The molecule has 58 heavy (non-hydrogen) atoms. The Balaban J connectivity index is 0.00000138. The number of hydrogen-bond donors (Lipinski definition) is 0. The molecule has 0 bridgehead atoms. The zero-order valence-electron chi connectivity index (χ0n) is 34.2. The minimum absolute atomic E-state index is 0.458. The third-order valence-electron chi connectivity index (χ3n) is 9.54. The number of aromatic nitrogens is 2. The van der Waals surface area contributed by atoms with E-state index in [9.17, 15) is 0 Å². The van der Waals surface area contributed by atoms with Crippen LogP contribution in [0.2, 0.25) is 0 Å². The Kier molecular flexibility index (Phi) is 14.3. The Bertz CT molecular complexity index is 2580. The Morgan fingerprint density at radius 1 is 0.586 bits per heavy atom. The van der Waals surface area contributed by atoms with Gasteiger partial charge in [-0.15, -0.1) is 0 Å². The molecule has 0 N–H and O–H groups in total. The van der Waals surface area contributed by atoms with Crippen LogP contribution in [0.15, 0.2) is 185 Å². The van der Waals surface area contributed by atoms with Gasteiger partial charge in [0.2, 0.25) is 0 Å². The summed E-state index contributed by atoms with van der Waals surface area (Å²) in [5, 5.41) is 2.22. The van der Waals surface area contributed by atoms with Crippen LogP contribution in [0.3, 0.4) is 0 Å². The van der Waals surface area contributed by atoms with Crippen LogP contribution in [0.25, 0.3) is 50.0 Å². The number of benzene rings is 5. The van der Waals surface area contributed by atoms with E-state index in [2.05, 4.69) is 128 Å². The lowest BCUT2D eigenvalue weighted by atomic mass is 9.95. The van der Waals surface area contributed by atoms with Crippen molar-refractivity contribution in [1.29, 1.82) is 0 Å². The summed E-state index contributed by atoms with van der Waals surface area (Å²) in [6.45, 7) is 14.5. The minimum Gasteiger partial charge on any atom is -0.261 e. The SMILES string of the molecule is C=NC(=NC(=NCc1ccccc1)c1cc(-c2ccc(-c3cc(C)cc(C4=CCCC=C4)n3)cc2)cc(-c2cc3ccccc3cn2)c1)c1ccccc1.CC.CC. The van der Waals surface area contributed by atoms with Crippen LogP contribution >= 0.6 is 0 Å². The molecule has 0 aliphatic heterocycles. The van der Waals surface area contributed by atoms with E-state index < -0.39 is 0 Å². The number of allylic oxidation sites excluding steroid dienone is 4. The first-order valence-corrected chi connectivity index (χ1v) is 20.3. The number of aliphatic imine (C=N–C) groups is 3. The summed E-state index contributed by atoms with van der Waals surface area (Å²) in [5.74, 6) is 1.07. The van der Waals surface area contributed by atoms with Crippen molar-refractivity contribution in [3.8, 4) is 33.6 Å². The van der Waals surface area contributed by atoms with Crippen LogP contribution < -0.4 is 0 Å². The Hall–Kier alpha value is -6.85. The fourth-order valence-corrected chi connectivity index (χ4v) is 6.73. The molecule has 2 heterocycles. The van der Waals surface area contributed by atoms with E-state index in [4.69, 9.17) is 20.0 Å². The summed E-state index contributed by atoms with van der Waals surface area (Å²) < 4.78 is 0. The fraction of sp³-hybridized carbons (Fsp3) is 0.151. The third kappa shape index (κ3) is 10.1. The first-order valence-electron chi connectivity index (χ1n) is 20.3. The van der Waals surface area contributed by atoms with Gasteiger partial charge in [-0.2, -0.15) is 0 Å². The zero-order chi connectivity index (χ0) is 40.7. The van der Waals surface area contributed by atoms with Gasteiger partial charge in [-0.05, 0) is 96.1 Å². The molecule has 0 spiro atoms. The average Bonchev–Trinajstić information content (AvgIpc) is 3.31. The highest BCUT2D eigenvalue weighted by atomic mass is 15.0. The summed E-state index contributed by atoms with van der Waals surface area (Å²) >= 11 is 0. The largest absolute Gasteiger partial charge is 0.261 e. The van der Waals surface area contributed by atoms with E-state index in [-0.39, 0.29) is 0 Å². The number of aryl methyl sites for hydroxylation is 1. The van der Waals surface area contributed by atoms with E-state index >= 15 is 0 Å². The highest BCUT2D eigenvalue weighted by Gasteiger charge is 2.14. The van der Waals surface area contributed by atoms with Crippen LogP contribution in [0.5, 0.6) is 0 Å². The van der Waals surface area contributed by atoms with Crippen molar-refractivity contribution in [3.63, 3.8) is 0 Å². The highest BCUT2D eigenvalue weighted by Crippen LogP contribution is 2.32. The third-order valence-corrected chi connectivity index (χ3v) is 9.54. The lowest BCUT2D eigenvalue weighted by Gasteiger charge is -2.13. The van der Waals surface area contributed by atoms with Crippen molar-refractivity contribution < 1.29 is 0 Å². The summed E-state index contributed by atoms with van der Waals surface area (Å²) in [7, 11) is 0. The molecule has 2 aromatic heterocycles. The normalized spacial score (nSPS) is 12.5. The average molecular weight is 758 g/mol. The standard InChI is InChI=1S/C49H39N5.2C2H6/c1-34-26-46(37-16-8-4-9-17-37)53-47(27-34)38-24-22-36(23-25-38)42-28-43(45-31-40-20-12-13-21-41(40)33-51-45)30-44(29-42)49(52-32-35-14-6-3-7-15-35)54-48(50-2)39-18-10-5-11-19-39;2*1-2/h3,5-8,10-31,33H,2,4,9,32H2,1H3;2*1-2H3. The van der Waals surface area contributed by atoms with Crippen molar-refractivity contribution >= 4 is 34.7 Å². The quantitative estimate of drug-likeness (QED) is 0.114. The summed E-state index contributed by atoms with van der Waals surface area (Å²) in [4.78, 5) is 24.5. The van der Waals surface area contributed by atoms with E-state index in [0.717, 1.165) is 79.6 Å².